The zero-order valence-electron chi connectivity index (χ0n) is 9.96. The monoisotopic (exact) mass is 224 g/mol. The molecule has 0 bridgehead atoms. The highest BCUT2D eigenvalue weighted by atomic mass is 35.5. The van der Waals surface area contributed by atoms with Crippen LogP contribution in [0.4, 0.5) is 0 Å². The largest absolute Gasteiger partial charge is 0.118 e. The van der Waals surface area contributed by atoms with Gasteiger partial charge in [0.15, 0.2) is 0 Å². The van der Waals surface area contributed by atoms with Gasteiger partial charge in [-0.15, -0.1) is 11.6 Å². The SMILES string of the molecule is CCCC(Cl)c1ccc(CC(C)C)cc1. The van der Waals surface area contributed by atoms with Gasteiger partial charge >= 0.3 is 0 Å². The van der Waals surface area contributed by atoms with Crippen molar-refractivity contribution in [1.82, 2.24) is 0 Å². The summed E-state index contributed by atoms with van der Waals surface area (Å²) in [6.45, 7) is 6.66. The molecule has 0 N–H and O–H groups in total. The van der Waals surface area contributed by atoms with Gasteiger partial charge in [-0.25, -0.2) is 0 Å². The summed E-state index contributed by atoms with van der Waals surface area (Å²) in [4.78, 5) is 0. The number of rotatable bonds is 5. The van der Waals surface area contributed by atoms with E-state index in [0.717, 1.165) is 25.2 Å². The van der Waals surface area contributed by atoms with Gasteiger partial charge in [0.05, 0.1) is 5.38 Å². The van der Waals surface area contributed by atoms with E-state index in [1.54, 1.807) is 0 Å². The summed E-state index contributed by atoms with van der Waals surface area (Å²) in [6.07, 6.45) is 3.36. The maximum Gasteiger partial charge on any atom is 0.0585 e. The molecule has 0 radical (unpaired) electrons. The van der Waals surface area contributed by atoms with Gasteiger partial charge in [0, 0.05) is 0 Å². The smallest absolute Gasteiger partial charge is 0.0585 e. The second-order valence-electron chi connectivity index (χ2n) is 4.60. The van der Waals surface area contributed by atoms with E-state index in [-0.39, 0.29) is 5.38 Å². The van der Waals surface area contributed by atoms with E-state index in [1.165, 1.54) is 11.1 Å². The van der Waals surface area contributed by atoms with E-state index in [4.69, 9.17) is 11.6 Å². The summed E-state index contributed by atoms with van der Waals surface area (Å²) < 4.78 is 0. The Morgan fingerprint density at radius 3 is 2.20 bits per heavy atom. The molecule has 0 saturated carbocycles. The molecule has 0 aliphatic rings. The first-order valence-corrected chi connectivity index (χ1v) is 6.30. The molecule has 0 spiro atoms. The molecule has 0 saturated heterocycles. The Kier molecular flexibility index (Phi) is 5.17. The molecule has 0 heterocycles. The molecule has 0 aliphatic heterocycles. The van der Waals surface area contributed by atoms with Gasteiger partial charge in [-0.05, 0) is 29.9 Å². The fourth-order valence-corrected chi connectivity index (χ4v) is 2.12. The molecular weight excluding hydrogens is 204 g/mol. The van der Waals surface area contributed by atoms with Gasteiger partial charge in [-0.2, -0.15) is 0 Å². The normalized spacial score (nSPS) is 13.1. The van der Waals surface area contributed by atoms with Crippen LogP contribution >= 0.6 is 11.6 Å². The number of alkyl halides is 1. The number of hydrogen-bond donors (Lipinski definition) is 0. The molecule has 0 aromatic heterocycles. The van der Waals surface area contributed by atoms with Crippen molar-refractivity contribution in [3.05, 3.63) is 35.4 Å². The van der Waals surface area contributed by atoms with Crippen molar-refractivity contribution >= 4 is 11.6 Å². The Bertz CT molecular complexity index is 274. The van der Waals surface area contributed by atoms with Gasteiger partial charge in [-0.1, -0.05) is 51.5 Å². The molecular formula is C14H21Cl. The molecule has 1 unspecified atom stereocenters. The summed E-state index contributed by atoms with van der Waals surface area (Å²) in [7, 11) is 0. The summed E-state index contributed by atoms with van der Waals surface area (Å²) >= 11 is 6.26. The first kappa shape index (κ1) is 12.6. The van der Waals surface area contributed by atoms with E-state index < -0.39 is 0 Å². The van der Waals surface area contributed by atoms with Crippen LogP contribution in [0.5, 0.6) is 0 Å². The maximum absolute atomic E-state index is 6.26. The molecule has 0 amide bonds. The average molecular weight is 225 g/mol. The van der Waals surface area contributed by atoms with Gasteiger partial charge in [-0.3, -0.25) is 0 Å². The third kappa shape index (κ3) is 4.25. The van der Waals surface area contributed by atoms with Gasteiger partial charge < -0.3 is 0 Å². The van der Waals surface area contributed by atoms with E-state index in [0.29, 0.717) is 0 Å². The van der Waals surface area contributed by atoms with Crippen LogP contribution in [0.3, 0.4) is 0 Å². The molecule has 0 fully saturated rings. The van der Waals surface area contributed by atoms with Crippen LogP contribution in [0.2, 0.25) is 0 Å². The molecule has 1 atom stereocenters. The first-order valence-electron chi connectivity index (χ1n) is 5.86. The molecule has 1 heteroatoms. The van der Waals surface area contributed by atoms with E-state index in [1.807, 2.05) is 0 Å². The Morgan fingerprint density at radius 1 is 1.13 bits per heavy atom. The fourth-order valence-electron chi connectivity index (χ4n) is 1.75. The maximum atomic E-state index is 6.26. The lowest BCUT2D eigenvalue weighted by Gasteiger charge is -2.10. The molecule has 0 nitrogen and oxygen atoms in total. The summed E-state index contributed by atoms with van der Waals surface area (Å²) in [5.74, 6) is 0.721. The first-order chi connectivity index (χ1) is 7.13. The van der Waals surface area contributed by atoms with Gasteiger partial charge in [0.1, 0.15) is 0 Å². The third-order valence-electron chi connectivity index (χ3n) is 2.53. The van der Waals surface area contributed by atoms with E-state index in [9.17, 15) is 0 Å². The van der Waals surface area contributed by atoms with Crippen LogP contribution in [0.25, 0.3) is 0 Å². The van der Waals surface area contributed by atoms with Crippen LogP contribution in [0.15, 0.2) is 24.3 Å². The summed E-state index contributed by atoms with van der Waals surface area (Å²) in [5, 5.41) is 0.183. The van der Waals surface area contributed by atoms with Crippen molar-refractivity contribution in [2.45, 2.75) is 45.4 Å². The summed E-state index contributed by atoms with van der Waals surface area (Å²) in [5.41, 5.74) is 2.67. The Balaban J connectivity index is 2.63. The van der Waals surface area contributed by atoms with Crippen molar-refractivity contribution in [3.63, 3.8) is 0 Å². The number of benzene rings is 1. The van der Waals surface area contributed by atoms with Crippen LogP contribution in [0.1, 0.15) is 50.1 Å². The fraction of sp³-hybridized carbons (Fsp3) is 0.571. The van der Waals surface area contributed by atoms with Gasteiger partial charge in [0.25, 0.3) is 0 Å². The van der Waals surface area contributed by atoms with Crippen LogP contribution in [-0.2, 0) is 6.42 Å². The minimum atomic E-state index is 0.183. The van der Waals surface area contributed by atoms with E-state index in [2.05, 4.69) is 45.0 Å². The van der Waals surface area contributed by atoms with Crippen LogP contribution in [0, 0.1) is 5.92 Å². The average Bonchev–Trinajstić information content (AvgIpc) is 2.18. The molecule has 15 heavy (non-hydrogen) atoms. The highest BCUT2D eigenvalue weighted by Gasteiger charge is 2.06. The lowest BCUT2D eigenvalue weighted by Crippen LogP contribution is -1.95. The molecule has 1 aromatic carbocycles. The molecule has 1 rings (SSSR count). The summed E-state index contributed by atoms with van der Waals surface area (Å²) in [6, 6.07) is 8.76. The minimum Gasteiger partial charge on any atom is -0.118 e. The molecule has 84 valence electrons. The Hall–Kier alpha value is -0.490. The quantitative estimate of drug-likeness (QED) is 0.620. The lowest BCUT2D eigenvalue weighted by atomic mass is 10.00. The minimum absolute atomic E-state index is 0.183. The zero-order valence-corrected chi connectivity index (χ0v) is 10.7. The second-order valence-corrected chi connectivity index (χ2v) is 5.12. The van der Waals surface area contributed by atoms with Gasteiger partial charge in [0.2, 0.25) is 0 Å². The van der Waals surface area contributed by atoms with Crippen LogP contribution < -0.4 is 0 Å². The molecule has 1 aromatic rings. The predicted octanol–water partition coefficient (Wildman–Crippen LogP) is 4.97. The molecule has 0 aliphatic carbocycles. The topological polar surface area (TPSA) is 0 Å². The third-order valence-corrected chi connectivity index (χ3v) is 3.00. The standard InChI is InChI=1S/C14H21Cl/c1-4-5-14(15)13-8-6-12(7-9-13)10-11(2)3/h6-9,11,14H,4-5,10H2,1-3H3. The van der Waals surface area contributed by atoms with E-state index >= 15 is 0 Å². The van der Waals surface area contributed by atoms with Crippen molar-refractivity contribution in [1.29, 1.82) is 0 Å². The zero-order chi connectivity index (χ0) is 11.3. The lowest BCUT2D eigenvalue weighted by molar-refractivity contribution is 0.647. The highest BCUT2D eigenvalue weighted by molar-refractivity contribution is 6.20. The Morgan fingerprint density at radius 2 is 1.73 bits per heavy atom. The number of halogens is 1. The highest BCUT2D eigenvalue weighted by Crippen LogP contribution is 2.25. The van der Waals surface area contributed by atoms with Crippen molar-refractivity contribution in [3.8, 4) is 0 Å². The van der Waals surface area contributed by atoms with Crippen molar-refractivity contribution < 1.29 is 0 Å². The second kappa shape index (κ2) is 6.17. The Labute approximate surface area is 98.7 Å². The van der Waals surface area contributed by atoms with Crippen molar-refractivity contribution in [2.24, 2.45) is 5.92 Å². The number of hydrogen-bond acceptors (Lipinski definition) is 0. The van der Waals surface area contributed by atoms with Crippen molar-refractivity contribution in [2.75, 3.05) is 0 Å². The van der Waals surface area contributed by atoms with Crippen LogP contribution in [-0.4, -0.2) is 0 Å². The predicted molar refractivity (Wildman–Crippen MR) is 68.5 cm³/mol.